The summed E-state index contributed by atoms with van der Waals surface area (Å²) < 4.78 is 0. The maximum atomic E-state index is 9.43. The minimum atomic E-state index is -0.974. The smallest absolute Gasteiger partial charge is 0.117 e. The topological polar surface area (TPSA) is 52.5 Å². The van der Waals surface area contributed by atoms with E-state index in [1.54, 1.807) is 13.8 Å². The average Bonchev–Trinajstić information content (AvgIpc) is 1.57. The standard InChI is InChI=1S/C6H13NO2.ClH/c1-5(2,8)6(9)3-7-4-6;/h7-9H,3-4H2,1-2H3;1H. The summed E-state index contributed by atoms with van der Waals surface area (Å²) in [4.78, 5) is 0. The number of rotatable bonds is 1. The third-order valence-corrected chi connectivity index (χ3v) is 1.97. The Morgan fingerprint density at radius 2 is 1.80 bits per heavy atom. The highest BCUT2D eigenvalue weighted by molar-refractivity contribution is 5.85. The lowest BCUT2D eigenvalue weighted by molar-refractivity contribution is -0.156. The van der Waals surface area contributed by atoms with Crippen molar-refractivity contribution in [2.75, 3.05) is 13.1 Å². The van der Waals surface area contributed by atoms with Crippen LogP contribution in [0, 0.1) is 0 Å². The van der Waals surface area contributed by atoms with E-state index in [2.05, 4.69) is 5.32 Å². The van der Waals surface area contributed by atoms with Crippen LogP contribution in [0.2, 0.25) is 0 Å². The van der Waals surface area contributed by atoms with Crippen LogP contribution in [-0.2, 0) is 0 Å². The zero-order valence-corrected chi connectivity index (χ0v) is 7.03. The predicted molar refractivity (Wildman–Crippen MR) is 41.4 cm³/mol. The first-order valence-electron chi connectivity index (χ1n) is 3.11. The van der Waals surface area contributed by atoms with Gasteiger partial charge in [0.25, 0.3) is 0 Å². The van der Waals surface area contributed by atoms with Gasteiger partial charge >= 0.3 is 0 Å². The molecule has 1 saturated heterocycles. The molecule has 0 spiro atoms. The van der Waals surface area contributed by atoms with E-state index in [1.807, 2.05) is 0 Å². The fourth-order valence-electron chi connectivity index (χ4n) is 0.794. The van der Waals surface area contributed by atoms with E-state index in [-0.39, 0.29) is 12.4 Å². The van der Waals surface area contributed by atoms with E-state index in [0.29, 0.717) is 13.1 Å². The summed E-state index contributed by atoms with van der Waals surface area (Å²) in [7, 11) is 0. The Kier molecular flexibility index (Phi) is 2.70. The first-order valence-corrected chi connectivity index (χ1v) is 3.11. The van der Waals surface area contributed by atoms with Crippen molar-refractivity contribution < 1.29 is 10.2 Å². The second-order valence-corrected chi connectivity index (χ2v) is 3.19. The van der Waals surface area contributed by atoms with Gasteiger partial charge in [-0.25, -0.2) is 0 Å². The van der Waals surface area contributed by atoms with Crippen LogP contribution in [0.3, 0.4) is 0 Å². The molecule has 1 heterocycles. The average molecular weight is 168 g/mol. The fourth-order valence-corrected chi connectivity index (χ4v) is 0.794. The molecule has 0 bridgehead atoms. The molecule has 0 aliphatic carbocycles. The monoisotopic (exact) mass is 167 g/mol. The number of nitrogens with one attached hydrogen (secondary N) is 1. The van der Waals surface area contributed by atoms with Crippen molar-refractivity contribution in [2.24, 2.45) is 0 Å². The first-order chi connectivity index (χ1) is 3.96. The Morgan fingerprint density at radius 3 is 1.80 bits per heavy atom. The molecule has 0 atom stereocenters. The molecule has 0 amide bonds. The molecule has 3 nitrogen and oxygen atoms in total. The minimum absolute atomic E-state index is 0. The Morgan fingerprint density at radius 1 is 1.40 bits per heavy atom. The van der Waals surface area contributed by atoms with Crippen LogP contribution in [0.15, 0.2) is 0 Å². The van der Waals surface area contributed by atoms with E-state index >= 15 is 0 Å². The van der Waals surface area contributed by atoms with Crippen molar-refractivity contribution >= 4 is 12.4 Å². The number of β-amino-alcohol motifs (C(OH)–C–C–N with tert-alkyl or cyclic N) is 1. The Balaban J connectivity index is 0.000000810. The summed E-state index contributed by atoms with van der Waals surface area (Å²) in [6.07, 6.45) is 0. The number of halogens is 1. The van der Waals surface area contributed by atoms with Crippen molar-refractivity contribution in [3.63, 3.8) is 0 Å². The molecule has 0 radical (unpaired) electrons. The lowest BCUT2D eigenvalue weighted by Gasteiger charge is -2.46. The van der Waals surface area contributed by atoms with Gasteiger partial charge in [-0.2, -0.15) is 0 Å². The quantitative estimate of drug-likeness (QED) is 0.494. The van der Waals surface area contributed by atoms with Gasteiger partial charge in [0, 0.05) is 13.1 Å². The Hall–Kier alpha value is 0.170. The molecular weight excluding hydrogens is 154 g/mol. The van der Waals surface area contributed by atoms with Gasteiger partial charge in [0.1, 0.15) is 5.60 Å². The summed E-state index contributed by atoms with van der Waals surface area (Å²) in [6.45, 7) is 4.23. The van der Waals surface area contributed by atoms with E-state index in [9.17, 15) is 10.2 Å². The van der Waals surface area contributed by atoms with Crippen LogP contribution in [0.5, 0.6) is 0 Å². The molecule has 0 unspecified atom stereocenters. The molecular formula is C6H14ClNO2. The molecule has 0 saturated carbocycles. The molecule has 0 aromatic heterocycles. The van der Waals surface area contributed by atoms with Gasteiger partial charge < -0.3 is 15.5 Å². The molecule has 1 fully saturated rings. The minimum Gasteiger partial charge on any atom is -0.387 e. The summed E-state index contributed by atoms with van der Waals surface area (Å²) in [5, 5.41) is 21.6. The SMILES string of the molecule is CC(C)(O)C1(O)CNC1.Cl. The predicted octanol–water partition coefficient (Wildman–Crippen LogP) is -0.487. The zero-order chi connectivity index (χ0) is 7.12. The lowest BCUT2D eigenvalue weighted by atomic mass is 9.81. The second-order valence-electron chi connectivity index (χ2n) is 3.19. The highest BCUT2D eigenvalue weighted by Gasteiger charge is 2.46. The largest absolute Gasteiger partial charge is 0.387 e. The molecule has 1 aliphatic rings. The van der Waals surface area contributed by atoms with Crippen LogP contribution in [0.1, 0.15) is 13.8 Å². The van der Waals surface area contributed by atoms with Gasteiger partial charge in [0.15, 0.2) is 0 Å². The zero-order valence-electron chi connectivity index (χ0n) is 6.22. The second kappa shape index (κ2) is 2.66. The van der Waals surface area contributed by atoms with Gasteiger partial charge in [-0.3, -0.25) is 0 Å². The van der Waals surface area contributed by atoms with E-state index in [4.69, 9.17) is 0 Å². The van der Waals surface area contributed by atoms with E-state index in [1.165, 1.54) is 0 Å². The van der Waals surface area contributed by atoms with Crippen molar-refractivity contribution in [3.8, 4) is 0 Å². The van der Waals surface area contributed by atoms with Crippen LogP contribution >= 0.6 is 12.4 Å². The molecule has 1 aliphatic heterocycles. The summed E-state index contributed by atoms with van der Waals surface area (Å²) in [6, 6.07) is 0. The molecule has 3 N–H and O–H groups in total. The van der Waals surface area contributed by atoms with Gasteiger partial charge in [-0.15, -0.1) is 12.4 Å². The van der Waals surface area contributed by atoms with Crippen LogP contribution in [0.4, 0.5) is 0 Å². The van der Waals surface area contributed by atoms with Crippen molar-refractivity contribution in [1.82, 2.24) is 5.32 Å². The van der Waals surface area contributed by atoms with Crippen molar-refractivity contribution in [1.29, 1.82) is 0 Å². The van der Waals surface area contributed by atoms with E-state index < -0.39 is 11.2 Å². The van der Waals surface area contributed by atoms with Crippen LogP contribution < -0.4 is 5.32 Å². The number of aliphatic hydroxyl groups is 2. The highest BCUT2D eigenvalue weighted by Crippen LogP contribution is 2.24. The molecule has 1 rings (SSSR count). The van der Waals surface area contributed by atoms with Crippen LogP contribution in [0.25, 0.3) is 0 Å². The first kappa shape index (κ1) is 10.2. The molecule has 0 aromatic rings. The highest BCUT2D eigenvalue weighted by atomic mass is 35.5. The van der Waals surface area contributed by atoms with Crippen molar-refractivity contribution in [2.45, 2.75) is 25.0 Å². The molecule has 10 heavy (non-hydrogen) atoms. The Labute approximate surface area is 66.8 Å². The third-order valence-electron chi connectivity index (χ3n) is 1.97. The van der Waals surface area contributed by atoms with Gasteiger partial charge in [0.05, 0.1) is 5.60 Å². The maximum absolute atomic E-state index is 9.43. The summed E-state index contributed by atoms with van der Waals surface area (Å²) in [5.74, 6) is 0. The van der Waals surface area contributed by atoms with Crippen LogP contribution in [-0.4, -0.2) is 34.5 Å². The number of hydrogen-bond acceptors (Lipinski definition) is 3. The summed E-state index contributed by atoms with van der Waals surface area (Å²) >= 11 is 0. The number of hydrogen-bond donors (Lipinski definition) is 3. The fraction of sp³-hybridized carbons (Fsp3) is 1.00. The molecule has 4 heteroatoms. The maximum Gasteiger partial charge on any atom is 0.117 e. The Bertz CT molecular complexity index is 117. The lowest BCUT2D eigenvalue weighted by Crippen LogP contribution is -2.69. The molecule has 62 valence electrons. The van der Waals surface area contributed by atoms with E-state index in [0.717, 1.165) is 0 Å². The van der Waals surface area contributed by atoms with Gasteiger partial charge in [-0.1, -0.05) is 0 Å². The third kappa shape index (κ3) is 1.42. The van der Waals surface area contributed by atoms with Gasteiger partial charge in [0.2, 0.25) is 0 Å². The van der Waals surface area contributed by atoms with Crippen molar-refractivity contribution in [3.05, 3.63) is 0 Å². The molecule has 0 aromatic carbocycles. The van der Waals surface area contributed by atoms with Gasteiger partial charge in [-0.05, 0) is 13.8 Å². The normalized spacial score (nSPS) is 22.8. The summed E-state index contributed by atoms with van der Waals surface area (Å²) in [5.41, 5.74) is -1.87.